The minimum Gasteiger partial charge on any atom is -0.481 e. The average molecular weight is 589 g/mol. The van der Waals surface area contributed by atoms with Crippen molar-refractivity contribution in [1.29, 1.82) is 0 Å². The van der Waals surface area contributed by atoms with Crippen LogP contribution in [0.3, 0.4) is 0 Å². The van der Waals surface area contributed by atoms with Crippen LogP contribution in [-0.4, -0.2) is 92.1 Å². The summed E-state index contributed by atoms with van der Waals surface area (Å²) in [6.07, 6.45) is -2.90. The van der Waals surface area contributed by atoms with Crippen LogP contribution in [-0.2, 0) is 52.5 Å². The number of methoxy groups -OCH3 is 3. The van der Waals surface area contributed by atoms with Gasteiger partial charge in [0.15, 0.2) is 0 Å². The van der Waals surface area contributed by atoms with E-state index in [1.54, 1.807) is 20.8 Å². The first-order chi connectivity index (χ1) is 19.3. The lowest BCUT2D eigenvalue weighted by atomic mass is 9.75. The summed E-state index contributed by atoms with van der Waals surface area (Å²) in [5.41, 5.74) is 0. The largest absolute Gasteiger partial charge is 0.481 e. The molecule has 0 aromatic carbocycles. The standard InChI is InChI=1S/C28H44O13/c1-8-11-17(29)14(4)21(24(30)31)19(38-6)13-16-23(28(36)41-27(16)35)20(39-7)12-15(26(34)40-10-3)22(25(32)33)18(9-2)37-5/h14-16,18-23H,8-13H2,1-7H3,(H,30,31)(H,32,33). The second kappa shape index (κ2) is 17.1. The van der Waals surface area contributed by atoms with Crippen LogP contribution < -0.4 is 0 Å². The maximum absolute atomic E-state index is 13.0. The van der Waals surface area contributed by atoms with Crippen LogP contribution in [0, 0.1) is 35.5 Å². The SMILES string of the molecule is CCCC(=O)C(C)C(C(=O)O)C(CC1C(=O)OC(=O)C1C(CC(C(=O)OCC)C(C(=O)O)C(CC)OC)OC)OC. The molecule has 0 radical (unpaired) electrons. The number of ketones is 1. The lowest BCUT2D eigenvalue weighted by Crippen LogP contribution is -2.45. The van der Waals surface area contributed by atoms with Gasteiger partial charge in [-0.25, -0.2) is 0 Å². The molecular formula is C28H44O13. The summed E-state index contributed by atoms with van der Waals surface area (Å²) < 4.78 is 26.4. The molecular weight excluding hydrogens is 544 g/mol. The third-order valence-corrected chi connectivity index (χ3v) is 7.83. The number of rotatable bonds is 20. The number of cyclic esters (lactones) is 2. The smallest absolute Gasteiger partial charge is 0.320 e. The van der Waals surface area contributed by atoms with Gasteiger partial charge in [-0.1, -0.05) is 20.8 Å². The molecule has 13 heteroatoms. The normalized spacial score (nSPS) is 22.1. The molecule has 1 rings (SSSR count). The van der Waals surface area contributed by atoms with Crippen LogP contribution in [0.5, 0.6) is 0 Å². The van der Waals surface area contributed by atoms with E-state index in [1.165, 1.54) is 28.3 Å². The highest BCUT2D eigenvalue weighted by atomic mass is 16.6. The fraction of sp³-hybridized carbons (Fsp3) is 0.786. The molecule has 2 N–H and O–H groups in total. The summed E-state index contributed by atoms with van der Waals surface area (Å²) in [6.45, 7) is 6.49. The van der Waals surface area contributed by atoms with Gasteiger partial charge in [0, 0.05) is 33.7 Å². The molecule has 0 spiro atoms. The molecule has 9 atom stereocenters. The highest BCUT2D eigenvalue weighted by Gasteiger charge is 2.53. The number of carboxylic acid groups (broad SMARTS) is 2. The van der Waals surface area contributed by atoms with E-state index in [0.29, 0.717) is 6.42 Å². The Kier molecular flexibility index (Phi) is 15.1. The van der Waals surface area contributed by atoms with Crippen molar-refractivity contribution in [3.05, 3.63) is 0 Å². The van der Waals surface area contributed by atoms with Gasteiger partial charge in [0.05, 0.1) is 54.5 Å². The van der Waals surface area contributed by atoms with Crippen molar-refractivity contribution in [3.63, 3.8) is 0 Å². The van der Waals surface area contributed by atoms with E-state index < -0.39 is 83.7 Å². The number of aliphatic carboxylic acids is 2. The predicted octanol–water partition coefficient (Wildman–Crippen LogP) is 2.12. The number of ether oxygens (including phenoxy) is 5. The van der Waals surface area contributed by atoms with Gasteiger partial charge < -0.3 is 33.9 Å². The molecule has 0 aromatic heterocycles. The van der Waals surface area contributed by atoms with E-state index >= 15 is 0 Å². The minimum absolute atomic E-state index is 0.0310. The van der Waals surface area contributed by atoms with Gasteiger partial charge in [-0.15, -0.1) is 0 Å². The first-order valence-corrected chi connectivity index (χ1v) is 13.8. The maximum Gasteiger partial charge on any atom is 0.320 e. The van der Waals surface area contributed by atoms with Gasteiger partial charge in [-0.05, 0) is 32.6 Å². The molecule has 0 aromatic rings. The maximum atomic E-state index is 13.0. The Labute approximate surface area is 240 Å². The average Bonchev–Trinajstić information content (AvgIpc) is 3.19. The molecule has 0 saturated carbocycles. The zero-order chi connectivity index (χ0) is 31.4. The van der Waals surface area contributed by atoms with E-state index in [0.717, 1.165) is 0 Å². The van der Waals surface area contributed by atoms with Crippen molar-refractivity contribution in [1.82, 2.24) is 0 Å². The topological polar surface area (TPSA) is 189 Å². The molecule has 1 saturated heterocycles. The molecule has 1 aliphatic rings. The number of hydrogen-bond donors (Lipinski definition) is 2. The fourth-order valence-electron chi connectivity index (χ4n) is 5.65. The molecule has 0 bridgehead atoms. The van der Waals surface area contributed by atoms with E-state index in [9.17, 15) is 39.0 Å². The first-order valence-electron chi connectivity index (χ1n) is 13.8. The minimum atomic E-state index is -1.36. The van der Waals surface area contributed by atoms with Crippen LogP contribution in [0.25, 0.3) is 0 Å². The van der Waals surface area contributed by atoms with E-state index in [2.05, 4.69) is 0 Å². The van der Waals surface area contributed by atoms with Crippen LogP contribution in [0.15, 0.2) is 0 Å². The fourth-order valence-corrected chi connectivity index (χ4v) is 5.65. The summed E-state index contributed by atoms with van der Waals surface area (Å²) >= 11 is 0. The van der Waals surface area contributed by atoms with Gasteiger partial charge in [0.1, 0.15) is 5.78 Å². The molecule has 13 nitrogen and oxygen atoms in total. The summed E-state index contributed by atoms with van der Waals surface area (Å²) in [5.74, 6) is -13.1. The van der Waals surface area contributed by atoms with Crippen LogP contribution in [0.1, 0.15) is 59.8 Å². The van der Waals surface area contributed by atoms with Crippen molar-refractivity contribution in [2.24, 2.45) is 35.5 Å². The monoisotopic (exact) mass is 588 g/mol. The van der Waals surface area contributed by atoms with Crippen LogP contribution >= 0.6 is 0 Å². The van der Waals surface area contributed by atoms with Gasteiger partial charge >= 0.3 is 29.8 Å². The quantitative estimate of drug-likeness (QED) is 0.156. The lowest BCUT2D eigenvalue weighted by molar-refractivity contribution is -0.166. The van der Waals surface area contributed by atoms with Crippen molar-refractivity contribution in [2.45, 2.75) is 78.1 Å². The second-order valence-corrected chi connectivity index (χ2v) is 10.2. The van der Waals surface area contributed by atoms with Crippen LogP contribution in [0.2, 0.25) is 0 Å². The number of esters is 3. The van der Waals surface area contributed by atoms with E-state index in [-0.39, 0.29) is 38.1 Å². The zero-order valence-electron chi connectivity index (χ0n) is 24.8. The Hall–Kier alpha value is -2.90. The number of carboxylic acids is 2. The molecule has 1 fully saturated rings. The molecule has 41 heavy (non-hydrogen) atoms. The Balaban J connectivity index is 3.47. The number of carbonyl (C=O) groups excluding carboxylic acids is 4. The molecule has 0 amide bonds. The number of carbonyl (C=O) groups is 6. The molecule has 1 aliphatic heterocycles. The lowest BCUT2D eigenvalue weighted by Gasteiger charge is -2.33. The van der Waals surface area contributed by atoms with Crippen molar-refractivity contribution >= 4 is 35.6 Å². The van der Waals surface area contributed by atoms with Gasteiger partial charge in [0.25, 0.3) is 0 Å². The van der Waals surface area contributed by atoms with Crippen molar-refractivity contribution < 1.29 is 62.7 Å². The van der Waals surface area contributed by atoms with E-state index in [4.69, 9.17) is 23.7 Å². The number of Topliss-reactive ketones (excluding diaryl/α,β-unsaturated/α-hetero) is 1. The van der Waals surface area contributed by atoms with Crippen molar-refractivity contribution in [3.8, 4) is 0 Å². The molecule has 9 unspecified atom stereocenters. The van der Waals surface area contributed by atoms with E-state index in [1.807, 2.05) is 0 Å². The molecule has 1 heterocycles. The summed E-state index contributed by atoms with van der Waals surface area (Å²) in [7, 11) is 3.80. The zero-order valence-corrected chi connectivity index (χ0v) is 24.8. The summed E-state index contributed by atoms with van der Waals surface area (Å²) in [4.78, 5) is 75.9. The summed E-state index contributed by atoms with van der Waals surface area (Å²) in [5, 5.41) is 20.0. The predicted molar refractivity (Wildman–Crippen MR) is 141 cm³/mol. The van der Waals surface area contributed by atoms with Crippen molar-refractivity contribution in [2.75, 3.05) is 27.9 Å². The van der Waals surface area contributed by atoms with Gasteiger partial charge in [0.2, 0.25) is 0 Å². The van der Waals surface area contributed by atoms with Crippen LogP contribution in [0.4, 0.5) is 0 Å². The third-order valence-electron chi connectivity index (χ3n) is 7.83. The molecule has 0 aliphatic carbocycles. The Morgan fingerprint density at radius 3 is 1.90 bits per heavy atom. The Morgan fingerprint density at radius 1 is 0.878 bits per heavy atom. The highest BCUT2D eigenvalue weighted by molar-refractivity contribution is 5.97. The second-order valence-electron chi connectivity index (χ2n) is 10.2. The highest BCUT2D eigenvalue weighted by Crippen LogP contribution is 2.39. The Morgan fingerprint density at radius 2 is 1.46 bits per heavy atom. The summed E-state index contributed by atoms with van der Waals surface area (Å²) in [6, 6.07) is 0. The first kappa shape index (κ1) is 36.1. The number of hydrogen-bond acceptors (Lipinski definition) is 11. The van der Waals surface area contributed by atoms with Gasteiger partial charge in [-0.2, -0.15) is 0 Å². The Bertz CT molecular complexity index is 928. The third kappa shape index (κ3) is 9.04. The molecule has 234 valence electrons. The van der Waals surface area contributed by atoms with Gasteiger partial charge in [-0.3, -0.25) is 28.8 Å².